The summed E-state index contributed by atoms with van der Waals surface area (Å²) in [7, 11) is 3.15. The average Bonchev–Trinajstić information content (AvgIpc) is 2.20. The summed E-state index contributed by atoms with van der Waals surface area (Å²) in [5, 5.41) is 11.6. The predicted octanol–water partition coefficient (Wildman–Crippen LogP) is 2.13. The first-order chi connectivity index (χ1) is 7.41. The summed E-state index contributed by atoms with van der Waals surface area (Å²) in [6.07, 6.45) is 0. The van der Waals surface area contributed by atoms with E-state index in [9.17, 15) is 9.59 Å². The lowest BCUT2D eigenvalue weighted by Crippen LogP contribution is -2.27. The third-order valence-corrected chi connectivity index (χ3v) is 2.19. The highest BCUT2D eigenvalue weighted by molar-refractivity contribution is 6.33. The fourth-order valence-corrected chi connectivity index (χ4v) is 1.15. The van der Waals surface area contributed by atoms with Crippen LogP contribution in [0.2, 0.25) is 5.02 Å². The molecule has 0 saturated carbocycles. The fraction of sp³-hybridized carbons (Fsp3) is 0.200. The minimum Gasteiger partial charge on any atom is -0.478 e. The van der Waals surface area contributed by atoms with Crippen LogP contribution in [-0.2, 0) is 0 Å². The molecule has 0 unspecified atom stereocenters. The van der Waals surface area contributed by atoms with Gasteiger partial charge in [0.1, 0.15) is 0 Å². The van der Waals surface area contributed by atoms with E-state index in [2.05, 4.69) is 5.32 Å². The van der Waals surface area contributed by atoms with Crippen molar-refractivity contribution in [3.63, 3.8) is 0 Å². The maximum atomic E-state index is 11.4. The Bertz CT molecular complexity index is 432. The third kappa shape index (κ3) is 2.87. The Balaban J connectivity index is 2.99. The summed E-state index contributed by atoms with van der Waals surface area (Å²) in [5.74, 6) is -1.07. The first kappa shape index (κ1) is 12.3. The first-order valence-electron chi connectivity index (χ1n) is 4.43. The minimum atomic E-state index is -1.07. The van der Waals surface area contributed by atoms with Crippen LogP contribution >= 0.6 is 11.6 Å². The van der Waals surface area contributed by atoms with E-state index in [1.807, 2.05) is 0 Å². The number of rotatable bonds is 2. The van der Waals surface area contributed by atoms with Crippen LogP contribution in [0.25, 0.3) is 0 Å². The molecular formula is C10H11ClN2O3. The van der Waals surface area contributed by atoms with Gasteiger partial charge in [0.15, 0.2) is 0 Å². The molecule has 86 valence electrons. The quantitative estimate of drug-likeness (QED) is 0.835. The SMILES string of the molecule is CN(C)C(=O)Nc1cc(C(=O)O)ccc1Cl. The van der Waals surface area contributed by atoms with Crippen molar-refractivity contribution in [2.75, 3.05) is 19.4 Å². The standard InChI is InChI=1S/C10H11ClN2O3/c1-13(2)10(16)12-8-5-6(9(14)15)3-4-7(8)11/h3-5H,1-2H3,(H,12,16)(H,14,15). The lowest BCUT2D eigenvalue weighted by Gasteiger charge is -2.13. The molecule has 0 atom stereocenters. The Morgan fingerprint density at radius 2 is 2.00 bits per heavy atom. The zero-order chi connectivity index (χ0) is 12.3. The number of hydrogen-bond acceptors (Lipinski definition) is 2. The van der Waals surface area contributed by atoms with Crippen molar-refractivity contribution in [2.45, 2.75) is 0 Å². The van der Waals surface area contributed by atoms with Gasteiger partial charge < -0.3 is 15.3 Å². The second-order valence-electron chi connectivity index (χ2n) is 3.32. The fourth-order valence-electron chi connectivity index (χ4n) is 0.981. The number of carboxylic acid groups (broad SMARTS) is 1. The van der Waals surface area contributed by atoms with Crippen molar-refractivity contribution < 1.29 is 14.7 Å². The van der Waals surface area contributed by atoms with Gasteiger partial charge in [0, 0.05) is 14.1 Å². The van der Waals surface area contributed by atoms with E-state index in [4.69, 9.17) is 16.7 Å². The number of urea groups is 1. The molecule has 0 radical (unpaired) electrons. The van der Waals surface area contributed by atoms with Crippen LogP contribution in [0, 0.1) is 0 Å². The number of carboxylic acids is 1. The molecule has 0 spiro atoms. The van der Waals surface area contributed by atoms with Crippen LogP contribution in [0.15, 0.2) is 18.2 Å². The highest BCUT2D eigenvalue weighted by Crippen LogP contribution is 2.23. The second-order valence-corrected chi connectivity index (χ2v) is 3.73. The average molecular weight is 243 g/mol. The van der Waals surface area contributed by atoms with Crippen LogP contribution < -0.4 is 5.32 Å². The van der Waals surface area contributed by atoms with Crippen molar-refractivity contribution in [3.05, 3.63) is 28.8 Å². The molecule has 2 N–H and O–H groups in total. The van der Waals surface area contributed by atoms with E-state index in [0.29, 0.717) is 5.02 Å². The number of halogens is 1. The summed E-state index contributed by atoms with van der Waals surface area (Å²) in [6.45, 7) is 0. The molecule has 0 aliphatic rings. The van der Waals surface area contributed by atoms with E-state index >= 15 is 0 Å². The van der Waals surface area contributed by atoms with Gasteiger partial charge in [-0.15, -0.1) is 0 Å². The number of nitrogens with zero attached hydrogens (tertiary/aromatic N) is 1. The predicted molar refractivity (Wildman–Crippen MR) is 61.1 cm³/mol. The highest BCUT2D eigenvalue weighted by Gasteiger charge is 2.10. The smallest absolute Gasteiger partial charge is 0.335 e. The molecule has 0 aromatic heterocycles. The molecule has 16 heavy (non-hydrogen) atoms. The first-order valence-corrected chi connectivity index (χ1v) is 4.80. The van der Waals surface area contributed by atoms with E-state index in [-0.39, 0.29) is 17.3 Å². The zero-order valence-electron chi connectivity index (χ0n) is 8.82. The highest BCUT2D eigenvalue weighted by atomic mass is 35.5. The Morgan fingerprint density at radius 3 is 2.50 bits per heavy atom. The van der Waals surface area contributed by atoms with Crippen LogP contribution in [0.3, 0.4) is 0 Å². The van der Waals surface area contributed by atoms with E-state index < -0.39 is 5.97 Å². The number of amides is 2. The number of anilines is 1. The third-order valence-electron chi connectivity index (χ3n) is 1.86. The van der Waals surface area contributed by atoms with E-state index in [1.54, 1.807) is 14.1 Å². The van der Waals surface area contributed by atoms with Crippen molar-refractivity contribution in [1.82, 2.24) is 4.90 Å². The van der Waals surface area contributed by atoms with Crippen molar-refractivity contribution in [1.29, 1.82) is 0 Å². The second kappa shape index (κ2) is 4.85. The minimum absolute atomic E-state index is 0.0680. The molecule has 6 heteroatoms. The molecule has 2 amide bonds. The van der Waals surface area contributed by atoms with Gasteiger partial charge in [-0.3, -0.25) is 0 Å². The molecule has 0 saturated heterocycles. The monoisotopic (exact) mass is 242 g/mol. The Kier molecular flexibility index (Phi) is 3.73. The number of carbonyl (C=O) groups is 2. The normalized spacial score (nSPS) is 9.69. The summed E-state index contributed by atoms with van der Waals surface area (Å²) < 4.78 is 0. The van der Waals surface area contributed by atoms with Gasteiger partial charge in [0.2, 0.25) is 0 Å². The lowest BCUT2D eigenvalue weighted by atomic mass is 10.2. The van der Waals surface area contributed by atoms with Gasteiger partial charge in [-0.25, -0.2) is 9.59 Å². The number of nitrogens with one attached hydrogen (secondary N) is 1. The van der Waals surface area contributed by atoms with Gasteiger partial charge in [-0.05, 0) is 18.2 Å². The number of carbonyl (C=O) groups excluding carboxylic acids is 1. The molecule has 0 aliphatic heterocycles. The Labute approximate surface area is 97.6 Å². The summed E-state index contributed by atoms with van der Waals surface area (Å²) in [6, 6.07) is 3.74. The molecule has 1 aromatic rings. The molecule has 0 heterocycles. The molecule has 1 aromatic carbocycles. The van der Waals surface area contributed by atoms with Gasteiger partial charge in [0.25, 0.3) is 0 Å². The van der Waals surface area contributed by atoms with E-state index in [0.717, 1.165) is 0 Å². The van der Waals surface area contributed by atoms with Crippen molar-refractivity contribution in [3.8, 4) is 0 Å². The van der Waals surface area contributed by atoms with Gasteiger partial charge >= 0.3 is 12.0 Å². The number of benzene rings is 1. The van der Waals surface area contributed by atoms with Gasteiger partial charge in [-0.1, -0.05) is 11.6 Å². The van der Waals surface area contributed by atoms with Crippen LogP contribution in [0.5, 0.6) is 0 Å². The lowest BCUT2D eigenvalue weighted by molar-refractivity contribution is 0.0697. The maximum absolute atomic E-state index is 11.4. The topological polar surface area (TPSA) is 69.6 Å². The van der Waals surface area contributed by atoms with Gasteiger partial charge in [-0.2, -0.15) is 0 Å². The van der Waals surface area contributed by atoms with E-state index in [1.165, 1.54) is 23.1 Å². The van der Waals surface area contributed by atoms with Crippen molar-refractivity contribution >= 4 is 29.3 Å². The Hall–Kier alpha value is -1.75. The maximum Gasteiger partial charge on any atom is 0.335 e. The molecule has 0 fully saturated rings. The molecular weight excluding hydrogens is 232 g/mol. The molecule has 5 nitrogen and oxygen atoms in total. The zero-order valence-corrected chi connectivity index (χ0v) is 9.58. The van der Waals surface area contributed by atoms with Gasteiger partial charge in [0.05, 0.1) is 16.3 Å². The molecule has 0 aliphatic carbocycles. The van der Waals surface area contributed by atoms with Crippen LogP contribution in [-0.4, -0.2) is 36.1 Å². The van der Waals surface area contributed by atoms with Crippen LogP contribution in [0.4, 0.5) is 10.5 Å². The summed E-state index contributed by atoms with van der Waals surface area (Å²) in [5.41, 5.74) is 0.346. The molecule has 1 rings (SSSR count). The number of hydrogen-bond donors (Lipinski definition) is 2. The largest absolute Gasteiger partial charge is 0.478 e. The summed E-state index contributed by atoms with van der Waals surface area (Å²) in [4.78, 5) is 23.4. The Morgan fingerprint density at radius 1 is 1.38 bits per heavy atom. The van der Waals surface area contributed by atoms with Crippen LogP contribution in [0.1, 0.15) is 10.4 Å². The molecule has 0 bridgehead atoms. The summed E-state index contributed by atoms with van der Waals surface area (Å²) >= 11 is 5.82. The number of aromatic carboxylic acids is 1. The van der Waals surface area contributed by atoms with Crippen molar-refractivity contribution in [2.24, 2.45) is 0 Å².